The highest BCUT2D eigenvalue weighted by atomic mass is 19.4. The number of aryl methyl sites for hydroxylation is 2. The number of hydrogen-bond acceptors (Lipinski definition) is 4. The van der Waals surface area contributed by atoms with Crippen molar-refractivity contribution in [2.24, 2.45) is 0 Å². The summed E-state index contributed by atoms with van der Waals surface area (Å²) in [6.07, 6.45) is -3.57. The highest BCUT2D eigenvalue weighted by Crippen LogP contribution is 2.30. The smallest absolute Gasteiger partial charge is 0.369 e. The number of benzene rings is 2. The van der Waals surface area contributed by atoms with Gasteiger partial charge in [-0.2, -0.15) is 13.2 Å². The molecule has 0 aliphatic carbocycles. The number of alkyl halides is 3. The van der Waals surface area contributed by atoms with Crippen LogP contribution in [0.1, 0.15) is 45.1 Å². The predicted molar refractivity (Wildman–Crippen MR) is 140 cm³/mol. The summed E-state index contributed by atoms with van der Waals surface area (Å²) in [4.78, 5) is 22.1. The molecular weight excluding hydrogens is 479 g/mol. The first-order valence-electron chi connectivity index (χ1n) is 12.6. The molecule has 1 saturated heterocycles. The van der Waals surface area contributed by atoms with Crippen molar-refractivity contribution in [3.8, 4) is 5.69 Å². The van der Waals surface area contributed by atoms with Crippen LogP contribution >= 0.6 is 0 Å². The maximum atomic E-state index is 12.9. The molecule has 1 aromatic heterocycles. The van der Waals surface area contributed by atoms with Crippen LogP contribution in [0.2, 0.25) is 0 Å². The second kappa shape index (κ2) is 11.0. The Kier molecular flexibility index (Phi) is 7.92. The third-order valence-corrected chi connectivity index (χ3v) is 7.17. The Hall–Kier alpha value is -3.33. The zero-order valence-electron chi connectivity index (χ0n) is 21.8. The Labute approximate surface area is 216 Å². The Bertz CT molecular complexity index is 1240. The minimum Gasteiger partial charge on any atom is -0.369 e. The van der Waals surface area contributed by atoms with E-state index in [1.165, 1.54) is 28.9 Å². The van der Waals surface area contributed by atoms with Gasteiger partial charge in [-0.25, -0.2) is 4.98 Å². The second-order valence-electron chi connectivity index (χ2n) is 9.63. The first kappa shape index (κ1) is 26.7. The minimum atomic E-state index is -4.39. The molecule has 3 aromatic rings. The molecule has 37 heavy (non-hydrogen) atoms. The van der Waals surface area contributed by atoms with Crippen LogP contribution in [-0.2, 0) is 6.18 Å². The molecule has 1 amide bonds. The number of nitrogens with one attached hydrogen (secondary N) is 1. The van der Waals surface area contributed by atoms with Crippen LogP contribution in [0.4, 0.5) is 18.9 Å². The number of hydrogen-bond donors (Lipinski definition) is 1. The van der Waals surface area contributed by atoms with Gasteiger partial charge in [0.2, 0.25) is 0 Å². The third kappa shape index (κ3) is 5.98. The van der Waals surface area contributed by atoms with E-state index in [0.717, 1.165) is 51.3 Å². The number of halogens is 3. The van der Waals surface area contributed by atoms with Gasteiger partial charge in [0, 0.05) is 44.1 Å². The Morgan fingerprint density at radius 3 is 2.30 bits per heavy atom. The SMILES string of the molecule is Cc1cccc(N2CCN(CCCNC(=O)c3nc(C)n(-c4ccc(C(F)(F)F)cc4)c3C)CC2)c1C. The molecule has 198 valence electrons. The highest BCUT2D eigenvalue weighted by Gasteiger charge is 2.30. The molecule has 0 radical (unpaired) electrons. The lowest BCUT2D eigenvalue weighted by atomic mass is 10.1. The van der Waals surface area contributed by atoms with E-state index in [1.807, 2.05) is 0 Å². The van der Waals surface area contributed by atoms with Crippen LogP contribution in [0.15, 0.2) is 42.5 Å². The van der Waals surface area contributed by atoms with Crippen molar-refractivity contribution in [2.75, 3.05) is 44.2 Å². The molecule has 0 spiro atoms. The molecule has 4 rings (SSSR count). The fourth-order valence-corrected chi connectivity index (χ4v) is 4.92. The summed E-state index contributed by atoms with van der Waals surface area (Å²) in [5, 5.41) is 2.95. The number of carbonyl (C=O) groups excluding carboxylic acids is 1. The van der Waals surface area contributed by atoms with E-state index in [2.05, 4.69) is 52.1 Å². The van der Waals surface area contributed by atoms with Gasteiger partial charge in [-0.1, -0.05) is 12.1 Å². The summed E-state index contributed by atoms with van der Waals surface area (Å²) in [6, 6.07) is 11.3. The molecule has 2 aromatic carbocycles. The summed E-state index contributed by atoms with van der Waals surface area (Å²) < 4.78 is 40.4. The van der Waals surface area contributed by atoms with Crippen molar-refractivity contribution in [2.45, 2.75) is 40.3 Å². The lowest BCUT2D eigenvalue weighted by molar-refractivity contribution is -0.137. The van der Waals surface area contributed by atoms with Crippen molar-refractivity contribution >= 4 is 11.6 Å². The van der Waals surface area contributed by atoms with Gasteiger partial charge in [0.1, 0.15) is 11.5 Å². The minimum absolute atomic E-state index is 0.272. The van der Waals surface area contributed by atoms with Gasteiger partial charge in [0.05, 0.1) is 11.3 Å². The van der Waals surface area contributed by atoms with Crippen molar-refractivity contribution in [1.29, 1.82) is 0 Å². The highest BCUT2D eigenvalue weighted by molar-refractivity contribution is 5.93. The van der Waals surface area contributed by atoms with Crippen LogP contribution < -0.4 is 10.2 Å². The Balaban J connectivity index is 1.27. The fourth-order valence-electron chi connectivity index (χ4n) is 4.92. The summed E-state index contributed by atoms with van der Waals surface area (Å²) in [5.74, 6) is 0.273. The number of rotatable bonds is 7. The van der Waals surface area contributed by atoms with E-state index in [1.54, 1.807) is 18.4 Å². The monoisotopic (exact) mass is 513 g/mol. The van der Waals surface area contributed by atoms with Crippen LogP contribution in [0, 0.1) is 27.7 Å². The first-order chi connectivity index (χ1) is 17.6. The van der Waals surface area contributed by atoms with E-state index >= 15 is 0 Å². The summed E-state index contributed by atoms with van der Waals surface area (Å²) in [6.45, 7) is 13.2. The third-order valence-electron chi connectivity index (χ3n) is 7.17. The molecule has 0 bridgehead atoms. The zero-order chi connectivity index (χ0) is 26.7. The summed E-state index contributed by atoms with van der Waals surface area (Å²) in [5.41, 5.74) is 4.67. The van der Waals surface area contributed by atoms with Crippen molar-refractivity contribution < 1.29 is 18.0 Å². The maximum absolute atomic E-state index is 12.9. The number of nitrogens with zero attached hydrogens (tertiary/aromatic N) is 4. The lowest BCUT2D eigenvalue weighted by Gasteiger charge is -2.37. The zero-order valence-corrected chi connectivity index (χ0v) is 21.8. The van der Waals surface area contributed by atoms with Gasteiger partial charge in [-0.15, -0.1) is 0 Å². The standard InChI is InChI=1S/C28H34F3N5O/c1-19-7-5-8-25(20(19)2)35-17-15-34(16-18-35)14-6-13-32-27(37)26-21(3)36(22(4)33-26)24-11-9-23(10-12-24)28(29,30)31/h5,7-12H,6,13-18H2,1-4H3,(H,32,37). The molecular formula is C28H34F3N5O. The molecule has 0 saturated carbocycles. The molecule has 1 N–H and O–H groups in total. The number of piperazine rings is 1. The molecule has 0 unspecified atom stereocenters. The summed E-state index contributed by atoms with van der Waals surface area (Å²) >= 11 is 0. The van der Waals surface area contributed by atoms with E-state index in [-0.39, 0.29) is 5.91 Å². The quantitative estimate of drug-likeness (QED) is 0.449. The van der Waals surface area contributed by atoms with Crippen molar-refractivity contribution in [3.05, 3.63) is 76.4 Å². The fraction of sp³-hybridized carbons (Fsp3) is 0.429. The van der Waals surface area contributed by atoms with Crippen LogP contribution in [-0.4, -0.2) is 59.6 Å². The molecule has 9 heteroatoms. The van der Waals surface area contributed by atoms with Crippen LogP contribution in [0.5, 0.6) is 0 Å². The largest absolute Gasteiger partial charge is 0.416 e. The van der Waals surface area contributed by atoms with Gasteiger partial charge in [0.15, 0.2) is 0 Å². The number of amides is 1. The van der Waals surface area contributed by atoms with Gasteiger partial charge in [0.25, 0.3) is 5.91 Å². The van der Waals surface area contributed by atoms with Crippen LogP contribution in [0.3, 0.4) is 0 Å². The van der Waals surface area contributed by atoms with Crippen molar-refractivity contribution in [3.63, 3.8) is 0 Å². The second-order valence-corrected chi connectivity index (χ2v) is 9.63. The van der Waals surface area contributed by atoms with E-state index < -0.39 is 11.7 Å². The molecule has 6 nitrogen and oxygen atoms in total. The van der Waals surface area contributed by atoms with Gasteiger partial charge in [-0.05, 0) is 82.1 Å². The first-order valence-corrected chi connectivity index (χ1v) is 12.6. The van der Waals surface area contributed by atoms with Crippen molar-refractivity contribution in [1.82, 2.24) is 19.8 Å². The molecule has 1 aliphatic rings. The predicted octanol–water partition coefficient (Wildman–Crippen LogP) is 5.07. The topological polar surface area (TPSA) is 53.4 Å². The Morgan fingerprint density at radius 2 is 1.65 bits per heavy atom. The van der Waals surface area contributed by atoms with E-state index in [0.29, 0.717) is 29.4 Å². The van der Waals surface area contributed by atoms with E-state index in [9.17, 15) is 18.0 Å². The molecule has 2 heterocycles. The normalized spacial score (nSPS) is 14.7. The average molecular weight is 514 g/mol. The molecule has 1 aliphatic heterocycles. The van der Waals surface area contributed by atoms with Gasteiger partial charge >= 0.3 is 6.18 Å². The lowest BCUT2D eigenvalue weighted by Crippen LogP contribution is -2.47. The number of carbonyl (C=O) groups is 1. The molecule has 0 atom stereocenters. The number of imidazole rings is 1. The number of anilines is 1. The molecule has 1 fully saturated rings. The maximum Gasteiger partial charge on any atom is 0.416 e. The van der Waals surface area contributed by atoms with Crippen LogP contribution in [0.25, 0.3) is 5.69 Å². The van der Waals surface area contributed by atoms with Gasteiger partial charge < -0.3 is 14.8 Å². The number of aromatic nitrogens is 2. The summed E-state index contributed by atoms with van der Waals surface area (Å²) in [7, 11) is 0. The Morgan fingerprint density at radius 1 is 0.973 bits per heavy atom. The van der Waals surface area contributed by atoms with E-state index in [4.69, 9.17) is 0 Å². The average Bonchev–Trinajstić information content (AvgIpc) is 3.17. The van der Waals surface area contributed by atoms with Gasteiger partial charge in [-0.3, -0.25) is 9.69 Å².